The molecule has 16 heavy (non-hydrogen) atoms. The van der Waals surface area contributed by atoms with Gasteiger partial charge >= 0.3 is 0 Å². The highest BCUT2D eigenvalue weighted by molar-refractivity contribution is 7.89. The predicted octanol–water partition coefficient (Wildman–Crippen LogP) is 2.15. The molecule has 1 radical (unpaired) electrons. The monoisotopic (exact) mass is 234 g/mol. The van der Waals surface area contributed by atoms with E-state index in [2.05, 4.69) is 4.72 Å². The van der Waals surface area contributed by atoms with Crippen LogP contribution in [0.1, 0.15) is 6.92 Å². The minimum Gasteiger partial charge on any atom is -0.206 e. The molecular weight excluding hydrogens is 222 g/mol. The van der Waals surface area contributed by atoms with Crippen molar-refractivity contribution in [3.63, 3.8) is 0 Å². The Bertz CT molecular complexity index is 605. The zero-order valence-electron chi connectivity index (χ0n) is 8.92. The summed E-state index contributed by atoms with van der Waals surface area (Å²) in [6.45, 7) is 1.98. The molecule has 0 bridgehead atoms. The highest BCUT2D eigenvalue weighted by Gasteiger charge is 2.13. The average Bonchev–Trinajstić information content (AvgIpc) is 2.28. The van der Waals surface area contributed by atoms with Gasteiger partial charge in [-0.3, -0.25) is 0 Å². The van der Waals surface area contributed by atoms with Crippen LogP contribution in [0.15, 0.2) is 47.4 Å². The van der Waals surface area contributed by atoms with Crippen molar-refractivity contribution in [1.29, 1.82) is 0 Å². The molecule has 83 valence electrons. The quantitative estimate of drug-likeness (QED) is 0.817. The number of rotatable bonds is 3. The molecule has 0 aliphatic carbocycles. The molecule has 0 atom stereocenters. The van der Waals surface area contributed by atoms with E-state index in [1.54, 1.807) is 25.1 Å². The Hall–Kier alpha value is -1.39. The second-order valence-corrected chi connectivity index (χ2v) is 5.11. The maximum atomic E-state index is 11.7. The van der Waals surface area contributed by atoms with Crippen LogP contribution in [0.5, 0.6) is 0 Å². The van der Waals surface area contributed by atoms with Crippen molar-refractivity contribution < 1.29 is 8.42 Å². The molecule has 0 heterocycles. The predicted molar refractivity (Wildman–Crippen MR) is 63.8 cm³/mol. The third-order valence-corrected chi connectivity index (χ3v) is 3.77. The van der Waals surface area contributed by atoms with Gasteiger partial charge in [-0.1, -0.05) is 30.3 Å². The number of hydrogen-bond donors (Lipinski definition) is 0. The molecule has 3 nitrogen and oxygen atoms in total. The SMILES string of the molecule is CC[N]S(=O)(=O)c1ccc2ccccc2c1. The van der Waals surface area contributed by atoms with E-state index in [-0.39, 0.29) is 11.4 Å². The first-order valence-corrected chi connectivity index (χ1v) is 6.50. The van der Waals surface area contributed by atoms with Crippen molar-refractivity contribution in [3.8, 4) is 0 Å². The van der Waals surface area contributed by atoms with E-state index in [0.717, 1.165) is 10.8 Å². The molecule has 4 heteroatoms. The Morgan fingerprint density at radius 2 is 1.75 bits per heavy atom. The first kappa shape index (κ1) is 11.1. The number of benzene rings is 2. The van der Waals surface area contributed by atoms with Gasteiger partial charge in [-0.25, -0.2) is 8.42 Å². The zero-order chi connectivity index (χ0) is 11.6. The lowest BCUT2D eigenvalue weighted by Crippen LogP contribution is -2.15. The van der Waals surface area contributed by atoms with E-state index >= 15 is 0 Å². The fourth-order valence-electron chi connectivity index (χ4n) is 1.57. The molecule has 0 unspecified atom stereocenters. The van der Waals surface area contributed by atoms with Gasteiger partial charge < -0.3 is 0 Å². The van der Waals surface area contributed by atoms with Crippen molar-refractivity contribution in [2.24, 2.45) is 0 Å². The van der Waals surface area contributed by atoms with Crippen LogP contribution < -0.4 is 4.72 Å². The average molecular weight is 234 g/mol. The van der Waals surface area contributed by atoms with E-state index in [9.17, 15) is 8.42 Å². The van der Waals surface area contributed by atoms with E-state index in [1.165, 1.54) is 0 Å². The fraction of sp³-hybridized carbons (Fsp3) is 0.167. The van der Waals surface area contributed by atoms with Gasteiger partial charge in [0.25, 0.3) is 10.0 Å². The third-order valence-electron chi connectivity index (χ3n) is 2.32. The smallest absolute Gasteiger partial charge is 0.206 e. The van der Waals surface area contributed by atoms with Crippen LogP contribution in [-0.4, -0.2) is 15.0 Å². The molecule has 2 aromatic carbocycles. The highest BCUT2D eigenvalue weighted by Crippen LogP contribution is 2.18. The summed E-state index contributed by atoms with van der Waals surface area (Å²) < 4.78 is 27.0. The number of sulfonamides is 1. The van der Waals surface area contributed by atoms with Crippen LogP contribution in [0.3, 0.4) is 0 Å². The molecule has 0 spiro atoms. The van der Waals surface area contributed by atoms with E-state index in [4.69, 9.17) is 0 Å². The molecule has 0 aliphatic rings. The van der Waals surface area contributed by atoms with Gasteiger partial charge in [0.2, 0.25) is 0 Å². The lowest BCUT2D eigenvalue weighted by molar-refractivity contribution is 0.582. The van der Waals surface area contributed by atoms with Gasteiger partial charge in [-0.2, -0.15) is 0 Å². The van der Waals surface area contributed by atoms with E-state index < -0.39 is 10.0 Å². The van der Waals surface area contributed by atoms with Crippen molar-refractivity contribution >= 4 is 20.8 Å². The van der Waals surface area contributed by atoms with E-state index in [0.29, 0.717) is 0 Å². The summed E-state index contributed by atoms with van der Waals surface area (Å²) in [6.07, 6.45) is 0. The first-order valence-electron chi connectivity index (χ1n) is 5.06. The standard InChI is InChI=1S/C12H12NO2S/c1-2-13-16(14,15)12-8-7-10-5-3-4-6-11(10)9-12/h3-9H,2H2,1H3. The minimum absolute atomic E-state index is 0.257. The van der Waals surface area contributed by atoms with Crippen LogP contribution >= 0.6 is 0 Å². The van der Waals surface area contributed by atoms with Crippen LogP contribution in [0.4, 0.5) is 0 Å². The van der Waals surface area contributed by atoms with Gasteiger partial charge in [0, 0.05) is 6.54 Å². The molecule has 0 aromatic heterocycles. The topological polar surface area (TPSA) is 48.2 Å². The Kier molecular flexibility index (Phi) is 2.94. The second-order valence-electron chi connectivity index (χ2n) is 3.43. The highest BCUT2D eigenvalue weighted by atomic mass is 32.2. The molecular formula is C12H12NO2S. The van der Waals surface area contributed by atoms with Crippen LogP contribution in [0.25, 0.3) is 10.8 Å². The van der Waals surface area contributed by atoms with Gasteiger partial charge in [0.1, 0.15) is 0 Å². The fourth-order valence-corrected chi connectivity index (χ4v) is 2.58. The number of fused-ring (bicyclic) bond motifs is 1. The van der Waals surface area contributed by atoms with Gasteiger partial charge in [-0.05, 0) is 29.8 Å². The maximum Gasteiger partial charge on any atom is 0.256 e. The number of hydrogen-bond acceptors (Lipinski definition) is 2. The van der Waals surface area contributed by atoms with Gasteiger partial charge in [-0.15, -0.1) is 4.72 Å². The Morgan fingerprint density at radius 1 is 1.06 bits per heavy atom. The summed E-state index contributed by atoms with van der Waals surface area (Å²) in [6, 6.07) is 12.7. The largest absolute Gasteiger partial charge is 0.256 e. The molecule has 0 saturated carbocycles. The molecule has 0 N–H and O–H groups in total. The number of nitrogens with zero attached hydrogens (tertiary/aromatic N) is 1. The van der Waals surface area contributed by atoms with Crippen molar-refractivity contribution in [3.05, 3.63) is 42.5 Å². The van der Waals surface area contributed by atoms with Crippen LogP contribution in [-0.2, 0) is 10.0 Å². The molecule has 0 fully saturated rings. The van der Waals surface area contributed by atoms with Crippen molar-refractivity contribution in [2.75, 3.05) is 6.54 Å². The van der Waals surface area contributed by atoms with Crippen LogP contribution in [0, 0.1) is 0 Å². The third kappa shape index (κ3) is 2.08. The molecule has 0 saturated heterocycles. The Labute approximate surface area is 95.2 Å². The van der Waals surface area contributed by atoms with Crippen LogP contribution in [0.2, 0.25) is 0 Å². The molecule has 2 rings (SSSR count). The van der Waals surface area contributed by atoms with E-state index in [1.807, 2.05) is 24.3 Å². The summed E-state index contributed by atoms with van der Waals surface area (Å²) in [5.41, 5.74) is 0. The second kappa shape index (κ2) is 4.23. The zero-order valence-corrected chi connectivity index (χ0v) is 9.74. The summed E-state index contributed by atoms with van der Waals surface area (Å²) >= 11 is 0. The Morgan fingerprint density at radius 3 is 2.44 bits per heavy atom. The van der Waals surface area contributed by atoms with Gasteiger partial charge in [0.15, 0.2) is 0 Å². The molecule has 0 amide bonds. The molecule has 2 aromatic rings. The van der Waals surface area contributed by atoms with Gasteiger partial charge in [0.05, 0.1) is 4.90 Å². The Balaban J connectivity index is 2.55. The maximum absolute atomic E-state index is 11.7. The normalized spacial score (nSPS) is 11.8. The minimum atomic E-state index is -3.48. The summed E-state index contributed by atoms with van der Waals surface area (Å²) in [4.78, 5) is 0.257. The summed E-state index contributed by atoms with van der Waals surface area (Å²) in [7, 11) is -3.48. The lowest BCUT2D eigenvalue weighted by Gasteiger charge is -2.03. The first-order chi connectivity index (χ1) is 7.63. The summed E-state index contributed by atoms with van der Waals surface area (Å²) in [5, 5.41) is 1.94. The molecule has 0 aliphatic heterocycles. The van der Waals surface area contributed by atoms with Crippen molar-refractivity contribution in [1.82, 2.24) is 4.72 Å². The lowest BCUT2D eigenvalue weighted by atomic mass is 10.1. The van der Waals surface area contributed by atoms with Crippen molar-refractivity contribution in [2.45, 2.75) is 11.8 Å². The summed E-state index contributed by atoms with van der Waals surface area (Å²) in [5.74, 6) is 0.